The first-order chi connectivity index (χ1) is 7.15. The van der Waals surface area contributed by atoms with Gasteiger partial charge < -0.3 is 20.6 Å². The highest BCUT2D eigenvalue weighted by molar-refractivity contribution is 5.28. The molecule has 0 saturated heterocycles. The number of rotatable bonds is 5. The van der Waals surface area contributed by atoms with Gasteiger partial charge in [0.25, 0.3) is 0 Å². The van der Waals surface area contributed by atoms with E-state index >= 15 is 0 Å². The topological polar surface area (TPSA) is 72.7 Å². The fraction of sp³-hybridized carbons (Fsp3) is 0.400. The number of aliphatic hydroxyl groups excluding tert-OH is 2. The van der Waals surface area contributed by atoms with E-state index in [0.29, 0.717) is 5.56 Å². The van der Waals surface area contributed by atoms with E-state index in [0.717, 1.165) is 6.07 Å². The van der Waals surface area contributed by atoms with Crippen molar-refractivity contribution < 1.29 is 19.7 Å². The molecule has 0 heterocycles. The number of halogens is 1. The predicted octanol–water partition coefficient (Wildman–Crippen LogP) is -0.0259. The molecule has 1 aromatic carbocycles. The van der Waals surface area contributed by atoms with Gasteiger partial charge in [-0.05, 0) is 17.7 Å². The van der Waals surface area contributed by atoms with Crippen LogP contribution in [0.25, 0.3) is 0 Å². The van der Waals surface area contributed by atoms with Crippen molar-refractivity contribution >= 4 is 0 Å². The van der Waals surface area contributed by atoms with E-state index in [9.17, 15) is 4.39 Å². The third-order valence-electron chi connectivity index (χ3n) is 1.98. The molecule has 5 heteroatoms. The molecule has 0 aliphatic rings. The first-order valence-corrected chi connectivity index (χ1v) is 4.59. The Hall–Kier alpha value is -1.17. The van der Waals surface area contributed by atoms with Crippen LogP contribution in [0.4, 0.5) is 4.39 Å². The summed E-state index contributed by atoms with van der Waals surface area (Å²) in [6, 6.07) is 3.27. The minimum atomic E-state index is -0.517. The number of aromatic hydroxyl groups is 1. The van der Waals surface area contributed by atoms with Crippen molar-refractivity contribution in [2.75, 3.05) is 13.2 Å². The van der Waals surface area contributed by atoms with Crippen molar-refractivity contribution in [1.29, 1.82) is 0 Å². The molecular weight excluding hydrogens is 201 g/mol. The van der Waals surface area contributed by atoms with Crippen LogP contribution in [-0.2, 0) is 6.54 Å². The van der Waals surface area contributed by atoms with Crippen LogP contribution in [0.3, 0.4) is 0 Å². The number of nitrogens with one attached hydrogen (secondary N) is 1. The molecule has 0 bridgehead atoms. The monoisotopic (exact) mass is 215 g/mol. The van der Waals surface area contributed by atoms with Crippen molar-refractivity contribution in [1.82, 2.24) is 5.32 Å². The third-order valence-corrected chi connectivity index (χ3v) is 1.98. The van der Waals surface area contributed by atoms with Crippen molar-refractivity contribution in [3.63, 3.8) is 0 Å². The fourth-order valence-electron chi connectivity index (χ4n) is 1.18. The summed E-state index contributed by atoms with van der Waals surface area (Å²) in [7, 11) is 0. The Morgan fingerprint density at radius 1 is 1.20 bits per heavy atom. The zero-order valence-electron chi connectivity index (χ0n) is 8.15. The van der Waals surface area contributed by atoms with Gasteiger partial charge in [-0.2, -0.15) is 0 Å². The molecule has 15 heavy (non-hydrogen) atoms. The van der Waals surface area contributed by atoms with E-state index in [-0.39, 0.29) is 25.5 Å². The molecule has 0 fully saturated rings. The van der Waals surface area contributed by atoms with Crippen molar-refractivity contribution in [3.8, 4) is 5.75 Å². The normalized spacial score (nSPS) is 10.9. The minimum absolute atomic E-state index is 0.142. The Balaban J connectivity index is 2.57. The molecule has 1 aromatic rings. The highest BCUT2D eigenvalue weighted by Crippen LogP contribution is 2.14. The molecule has 0 saturated carbocycles. The Bertz CT molecular complexity index is 295. The maximum absolute atomic E-state index is 12.8. The van der Waals surface area contributed by atoms with Gasteiger partial charge in [0.1, 0.15) is 11.6 Å². The number of hydrogen-bond donors (Lipinski definition) is 4. The summed E-state index contributed by atoms with van der Waals surface area (Å²) >= 11 is 0. The molecule has 0 aromatic heterocycles. The highest BCUT2D eigenvalue weighted by Gasteiger charge is 2.05. The zero-order chi connectivity index (χ0) is 11.3. The molecule has 4 N–H and O–H groups in total. The molecule has 0 unspecified atom stereocenters. The van der Waals surface area contributed by atoms with E-state index < -0.39 is 11.9 Å². The van der Waals surface area contributed by atoms with Gasteiger partial charge in [0.05, 0.1) is 19.3 Å². The molecule has 0 aliphatic carbocycles. The second-order valence-electron chi connectivity index (χ2n) is 3.26. The Kier molecular flexibility index (Phi) is 4.48. The number of hydrogen-bond acceptors (Lipinski definition) is 4. The first-order valence-electron chi connectivity index (χ1n) is 4.59. The van der Waals surface area contributed by atoms with Crippen LogP contribution < -0.4 is 5.32 Å². The summed E-state index contributed by atoms with van der Waals surface area (Å²) in [6.07, 6.45) is 0. The molecule has 0 aliphatic heterocycles. The number of phenolic OH excluding ortho intramolecular Hbond substituents is 1. The van der Waals surface area contributed by atoms with Gasteiger partial charge >= 0.3 is 0 Å². The average molecular weight is 215 g/mol. The number of phenols is 1. The van der Waals surface area contributed by atoms with E-state index in [4.69, 9.17) is 15.3 Å². The van der Waals surface area contributed by atoms with Crippen molar-refractivity contribution in [2.45, 2.75) is 12.6 Å². The molecule has 4 nitrogen and oxygen atoms in total. The molecule has 0 atom stereocenters. The van der Waals surface area contributed by atoms with E-state index in [1.54, 1.807) is 0 Å². The van der Waals surface area contributed by atoms with Crippen molar-refractivity contribution in [2.24, 2.45) is 0 Å². The molecule has 0 spiro atoms. The Morgan fingerprint density at radius 2 is 1.87 bits per heavy atom. The highest BCUT2D eigenvalue weighted by atomic mass is 19.1. The maximum Gasteiger partial charge on any atom is 0.127 e. The molecule has 84 valence electrons. The van der Waals surface area contributed by atoms with Gasteiger partial charge in [-0.1, -0.05) is 0 Å². The van der Waals surface area contributed by atoms with E-state index in [2.05, 4.69) is 5.32 Å². The van der Waals surface area contributed by atoms with Gasteiger partial charge in [0, 0.05) is 12.6 Å². The SMILES string of the molecule is OCC(CO)NCc1cc(O)cc(F)c1. The number of aliphatic hydroxyl groups is 2. The molecule has 0 amide bonds. The van der Waals surface area contributed by atoms with Gasteiger partial charge in [-0.25, -0.2) is 4.39 Å². The quantitative estimate of drug-likeness (QED) is 0.557. The largest absolute Gasteiger partial charge is 0.508 e. The van der Waals surface area contributed by atoms with Gasteiger partial charge in [0.15, 0.2) is 0 Å². The molecule has 0 radical (unpaired) electrons. The van der Waals surface area contributed by atoms with Gasteiger partial charge in [-0.3, -0.25) is 0 Å². The maximum atomic E-state index is 12.8. The standard InChI is InChI=1S/C10H14FNO3/c11-8-1-7(2-10(15)3-8)4-12-9(5-13)6-14/h1-3,9,12-15H,4-6H2. The first kappa shape index (κ1) is 11.9. The van der Waals surface area contributed by atoms with Crippen LogP contribution in [-0.4, -0.2) is 34.6 Å². The lowest BCUT2D eigenvalue weighted by Gasteiger charge is -2.13. The van der Waals surface area contributed by atoms with Gasteiger partial charge in [-0.15, -0.1) is 0 Å². The summed E-state index contributed by atoms with van der Waals surface area (Å²) in [5.74, 6) is -0.660. The minimum Gasteiger partial charge on any atom is -0.508 e. The fourth-order valence-corrected chi connectivity index (χ4v) is 1.18. The zero-order valence-corrected chi connectivity index (χ0v) is 8.15. The van der Waals surface area contributed by atoms with Crippen LogP contribution >= 0.6 is 0 Å². The molecular formula is C10H14FNO3. The Morgan fingerprint density at radius 3 is 2.40 bits per heavy atom. The summed E-state index contributed by atoms with van der Waals surface area (Å²) in [5.41, 5.74) is 0.555. The van der Waals surface area contributed by atoms with Crippen LogP contribution in [0.5, 0.6) is 5.75 Å². The number of benzene rings is 1. The van der Waals surface area contributed by atoms with E-state index in [1.165, 1.54) is 12.1 Å². The second-order valence-corrected chi connectivity index (χ2v) is 3.26. The average Bonchev–Trinajstić information content (AvgIpc) is 2.18. The Labute approximate surface area is 87.0 Å². The predicted molar refractivity (Wildman–Crippen MR) is 52.9 cm³/mol. The summed E-state index contributed by atoms with van der Waals surface area (Å²) in [6.45, 7) is -0.118. The summed E-state index contributed by atoms with van der Waals surface area (Å²) in [4.78, 5) is 0. The lowest BCUT2D eigenvalue weighted by atomic mass is 10.2. The lowest BCUT2D eigenvalue weighted by Crippen LogP contribution is -2.35. The second kappa shape index (κ2) is 5.65. The molecule has 1 rings (SSSR count). The summed E-state index contributed by atoms with van der Waals surface area (Å²) in [5, 5.41) is 29.5. The lowest BCUT2D eigenvalue weighted by molar-refractivity contribution is 0.170. The van der Waals surface area contributed by atoms with Crippen LogP contribution in [0.2, 0.25) is 0 Å². The van der Waals surface area contributed by atoms with Crippen LogP contribution in [0.1, 0.15) is 5.56 Å². The van der Waals surface area contributed by atoms with Crippen LogP contribution in [0.15, 0.2) is 18.2 Å². The third kappa shape index (κ3) is 3.83. The van der Waals surface area contributed by atoms with Gasteiger partial charge in [0.2, 0.25) is 0 Å². The smallest absolute Gasteiger partial charge is 0.127 e. The summed E-state index contributed by atoms with van der Waals surface area (Å²) < 4.78 is 12.8. The van der Waals surface area contributed by atoms with Crippen molar-refractivity contribution in [3.05, 3.63) is 29.6 Å². The van der Waals surface area contributed by atoms with E-state index in [1.807, 2.05) is 0 Å². The van der Waals surface area contributed by atoms with Crippen LogP contribution in [0, 0.1) is 5.82 Å².